The summed E-state index contributed by atoms with van der Waals surface area (Å²) in [6, 6.07) is 0. The Morgan fingerprint density at radius 3 is 2.19 bits per heavy atom. The first kappa shape index (κ1) is 13.0. The molecule has 4 saturated carbocycles. The SMILES string of the molecule is CNc1cnc(C(=O)NC23CC4CC(CC(C4)C2)C3)cn1. The molecule has 0 aromatic carbocycles. The topological polar surface area (TPSA) is 66.9 Å². The van der Waals surface area contributed by atoms with E-state index in [0.717, 1.165) is 37.0 Å². The van der Waals surface area contributed by atoms with Gasteiger partial charge < -0.3 is 10.6 Å². The van der Waals surface area contributed by atoms with E-state index >= 15 is 0 Å². The minimum absolute atomic E-state index is 0.0369. The van der Waals surface area contributed by atoms with Crippen LogP contribution in [0, 0.1) is 17.8 Å². The summed E-state index contributed by atoms with van der Waals surface area (Å²) in [4.78, 5) is 20.9. The molecule has 4 aliphatic rings. The van der Waals surface area contributed by atoms with Crippen molar-refractivity contribution in [1.82, 2.24) is 15.3 Å². The summed E-state index contributed by atoms with van der Waals surface area (Å²) in [6.07, 6.45) is 10.8. The van der Waals surface area contributed by atoms with Crippen LogP contribution in [0.2, 0.25) is 0 Å². The van der Waals surface area contributed by atoms with Crippen molar-refractivity contribution in [2.75, 3.05) is 12.4 Å². The van der Waals surface area contributed by atoms with E-state index < -0.39 is 0 Å². The maximum absolute atomic E-state index is 12.5. The zero-order valence-electron chi connectivity index (χ0n) is 12.4. The third kappa shape index (κ3) is 2.28. The van der Waals surface area contributed by atoms with Gasteiger partial charge in [-0.25, -0.2) is 9.97 Å². The lowest BCUT2D eigenvalue weighted by Crippen LogP contribution is -2.59. The highest BCUT2D eigenvalue weighted by Gasteiger charge is 2.51. The van der Waals surface area contributed by atoms with Gasteiger partial charge in [-0.05, 0) is 56.3 Å². The van der Waals surface area contributed by atoms with Crippen LogP contribution in [0.1, 0.15) is 49.0 Å². The molecule has 2 N–H and O–H groups in total. The van der Waals surface area contributed by atoms with Crippen molar-refractivity contribution < 1.29 is 4.79 Å². The molecule has 5 nitrogen and oxygen atoms in total. The summed E-state index contributed by atoms with van der Waals surface area (Å²) in [7, 11) is 1.79. The molecular weight excluding hydrogens is 264 g/mol. The van der Waals surface area contributed by atoms with Gasteiger partial charge in [-0.2, -0.15) is 0 Å². The van der Waals surface area contributed by atoms with Crippen LogP contribution in [0.5, 0.6) is 0 Å². The van der Waals surface area contributed by atoms with Gasteiger partial charge in [0.05, 0.1) is 12.4 Å². The summed E-state index contributed by atoms with van der Waals surface area (Å²) in [5.74, 6) is 3.10. The lowest BCUT2D eigenvalue weighted by Gasteiger charge is -2.56. The van der Waals surface area contributed by atoms with E-state index in [0.29, 0.717) is 11.5 Å². The quantitative estimate of drug-likeness (QED) is 0.894. The van der Waals surface area contributed by atoms with Gasteiger partial charge in [0.2, 0.25) is 0 Å². The molecule has 0 radical (unpaired) electrons. The van der Waals surface area contributed by atoms with Crippen LogP contribution in [0.3, 0.4) is 0 Å². The number of nitrogens with zero attached hydrogens (tertiary/aromatic N) is 2. The number of nitrogens with one attached hydrogen (secondary N) is 2. The molecule has 4 aliphatic carbocycles. The van der Waals surface area contributed by atoms with Crippen molar-refractivity contribution in [3.63, 3.8) is 0 Å². The number of rotatable bonds is 3. The highest BCUT2D eigenvalue weighted by atomic mass is 16.2. The van der Waals surface area contributed by atoms with Crippen molar-refractivity contribution >= 4 is 11.7 Å². The molecule has 5 heteroatoms. The first-order chi connectivity index (χ1) is 10.2. The van der Waals surface area contributed by atoms with Gasteiger partial charge in [-0.3, -0.25) is 4.79 Å². The van der Waals surface area contributed by atoms with Gasteiger partial charge in [-0.15, -0.1) is 0 Å². The fourth-order valence-corrected chi connectivity index (χ4v) is 5.14. The summed E-state index contributed by atoms with van der Waals surface area (Å²) >= 11 is 0. The number of carbonyl (C=O) groups excluding carboxylic acids is 1. The molecule has 0 spiro atoms. The molecule has 5 rings (SSSR count). The molecule has 112 valence electrons. The van der Waals surface area contributed by atoms with Gasteiger partial charge >= 0.3 is 0 Å². The van der Waals surface area contributed by atoms with Gasteiger partial charge in [0.15, 0.2) is 0 Å². The van der Waals surface area contributed by atoms with Crippen molar-refractivity contribution in [3.8, 4) is 0 Å². The number of hydrogen-bond acceptors (Lipinski definition) is 4. The maximum Gasteiger partial charge on any atom is 0.271 e. The van der Waals surface area contributed by atoms with Crippen molar-refractivity contribution in [3.05, 3.63) is 18.1 Å². The Bertz CT molecular complexity index is 519. The minimum Gasteiger partial charge on any atom is -0.372 e. The highest BCUT2D eigenvalue weighted by molar-refractivity contribution is 5.92. The van der Waals surface area contributed by atoms with Gasteiger partial charge in [0.25, 0.3) is 5.91 Å². The fourth-order valence-electron chi connectivity index (χ4n) is 5.14. The summed E-state index contributed by atoms with van der Waals surface area (Å²) < 4.78 is 0. The zero-order valence-corrected chi connectivity index (χ0v) is 12.4. The van der Waals surface area contributed by atoms with E-state index in [9.17, 15) is 4.79 Å². The molecule has 1 heterocycles. The van der Waals surface area contributed by atoms with Crippen LogP contribution in [-0.2, 0) is 0 Å². The first-order valence-electron chi connectivity index (χ1n) is 7.98. The van der Waals surface area contributed by atoms with Crippen molar-refractivity contribution in [2.45, 2.75) is 44.1 Å². The van der Waals surface area contributed by atoms with E-state index in [1.165, 1.54) is 19.3 Å². The van der Waals surface area contributed by atoms with Crippen molar-refractivity contribution in [1.29, 1.82) is 0 Å². The molecule has 0 unspecified atom stereocenters. The Morgan fingerprint density at radius 2 is 1.71 bits per heavy atom. The van der Waals surface area contributed by atoms with E-state index in [4.69, 9.17) is 0 Å². The molecule has 1 aromatic heterocycles. The van der Waals surface area contributed by atoms with Gasteiger partial charge in [0.1, 0.15) is 11.5 Å². The predicted octanol–water partition coefficient (Wildman–Crippen LogP) is 2.22. The Morgan fingerprint density at radius 1 is 1.10 bits per heavy atom. The molecule has 4 fully saturated rings. The first-order valence-corrected chi connectivity index (χ1v) is 7.98. The molecule has 21 heavy (non-hydrogen) atoms. The number of hydrogen-bond donors (Lipinski definition) is 2. The zero-order chi connectivity index (χ0) is 14.4. The van der Waals surface area contributed by atoms with Crippen LogP contribution in [0.25, 0.3) is 0 Å². The average Bonchev–Trinajstić information content (AvgIpc) is 2.45. The molecule has 4 bridgehead atoms. The second-order valence-corrected chi connectivity index (χ2v) is 7.19. The van der Waals surface area contributed by atoms with E-state index in [-0.39, 0.29) is 11.4 Å². The second-order valence-electron chi connectivity index (χ2n) is 7.19. The minimum atomic E-state index is -0.0629. The Hall–Kier alpha value is -1.65. The highest BCUT2D eigenvalue weighted by Crippen LogP contribution is 2.55. The van der Waals surface area contributed by atoms with Crippen LogP contribution in [0.4, 0.5) is 5.82 Å². The molecule has 0 saturated heterocycles. The Labute approximate surface area is 124 Å². The van der Waals surface area contributed by atoms with Crippen molar-refractivity contribution in [2.24, 2.45) is 17.8 Å². The maximum atomic E-state index is 12.5. The standard InChI is InChI=1S/C16H22N4O/c1-17-14-9-18-13(8-19-14)15(21)20-16-5-10-2-11(6-16)4-12(3-10)7-16/h8-12H,2-7H2,1H3,(H,17,19)(H,20,21). The summed E-state index contributed by atoms with van der Waals surface area (Å²) in [6.45, 7) is 0. The molecule has 1 amide bonds. The monoisotopic (exact) mass is 286 g/mol. The van der Waals surface area contributed by atoms with Crippen LogP contribution < -0.4 is 10.6 Å². The second kappa shape index (κ2) is 4.68. The number of carbonyl (C=O) groups is 1. The van der Waals surface area contributed by atoms with E-state index in [1.807, 2.05) is 0 Å². The third-order valence-electron chi connectivity index (χ3n) is 5.56. The normalized spacial score (nSPS) is 36.5. The molecule has 1 aromatic rings. The fraction of sp³-hybridized carbons (Fsp3) is 0.688. The number of anilines is 1. The smallest absolute Gasteiger partial charge is 0.271 e. The van der Waals surface area contributed by atoms with E-state index in [1.54, 1.807) is 19.4 Å². The average molecular weight is 286 g/mol. The van der Waals surface area contributed by atoms with Gasteiger partial charge in [-0.1, -0.05) is 0 Å². The lowest BCUT2D eigenvalue weighted by atomic mass is 9.53. The largest absolute Gasteiger partial charge is 0.372 e. The lowest BCUT2D eigenvalue weighted by molar-refractivity contribution is -0.0167. The van der Waals surface area contributed by atoms with Gasteiger partial charge in [0, 0.05) is 12.6 Å². The summed E-state index contributed by atoms with van der Waals surface area (Å²) in [5, 5.41) is 6.23. The van der Waals surface area contributed by atoms with Crippen LogP contribution in [-0.4, -0.2) is 28.5 Å². The van der Waals surface area contributed by atoms with Crippen LogP contribution in [0.15, 0.2) is 12.4 Å². The number of aromatic nitrogens is 2. The Balaban J connectivity index is 1.51. The predicted molar refractivity (Wildman–Crippen MR) is 79.9 cm³/mol. The Kier molecular flexibility index (Phi) is 2.91. The third-order valence-corrected chi connectivity index (χ3v) is 5.56. The molecule has 0 aliphatic heterocycles. The van der Waals surface area contributed by atoms with Crippen LogP contribution >= 0.6 is 0 Å². The molecule has 0 atom stereocenters. The summed E-state index contributed by atoms with van der Waals surface area (Å²) in [5.41, 5.74) is 0.458. The number of amides is 1. The molecular formula is C16H22N4O. The van der Waals surface area contributed by atoms with E-state index in [2.05, 4.69) is 20.6 Å².